The minimum Gasteiger partial charge on any atom is -0.337 e. The van der Waals surface area contributed by atoms with Crippen molar-refractivity contribution in [3.05, 3.63) is 0 Å². The normalized spacial score (nSPS) is 38.1. The summed E-state index contributed by atoms with van der Waals surface area (Å²) >= 11 is 1.94. The topological polar surface area (TPSA) is 32.3 Å². The van der Waals surface area contributed by atoms with Crippen molar-refractivity contribution >= 4 is 17.7 Å². The van der Waals surface area contributed by atoms with Gasteiger partial charge in [-0.2, -0.15) is 11.8 Å². The molecule has 0 aromatic heterocycles. The molecule has 1 heterocycles. The molecule has 96 valence electrons. The number of amides is 1. The van der Waals surface area contributed by atoms with Crippen LogP contribution < -0.4 is 5.32 Å². The van der Waals surface area contributed by atoms with Gasteiger partial charge >= 0.3 is 0 Å². The van der Waals surface area contributed by atoms with Gasteiger partial charge in [0.2, 0.25) is 5.91 Å². The SMILES string of the molecule is CSC1CCCC1N1CCC(NC2CC2)C1=O. The van der Waals surface area contributed by atoms with Gasteiger partial charge in [-0.3, -0.25) is 4.79 Å². The van der Waals surface area contributed by atoms with E-state index in [9.17, 15) is 4.79 Å². The molecule has 4 heteroatoms. The summed E-state index contributed by atoms with van der Waals surface area (Å²) in [5, 5.41) is 4.17. The Kier molecular flexibility index (Phi) is 3.35. The molecule has 2 aliphatic carbocycles. The van der Waals surface area contributed by atoms with Crippen molar-refractivity contribution < 1.29 is 4.79 Å². The predicted octanol–water partition coefficient (Wildman–Crippen LogP) is 1.62. The van der Waals surface area contributed by atoms with Crippen molar-refractivity contribution in [3.8, 4) is 0 Å². The number of carbonyl (C=O) groups excluding carboxylic acids is 1. The van der Waals surface area contributed by atoms with Crippen molar-refractivity contribution in [2.24, 2.45) is 0 Å². The monoisotopic (exact) mass is 254 g/mol. The van der Waals surface area contributed by atoms with Crippen molar-refractivity contribution in [2.45, 2.75) is 61.9 Å². The second-order valence-corrected chi connectivity index (χ2v) is 6.66. The molecule has 1 saturated heterocycles. The minimum atomic E-state index is 0.130. The van der Waals surface area contributed by atoms with Gasteiger partial charge in [0.1, 0.15) is 0 Å². The maximum Gasteiger partial charge on any atom is 0.240 e. The molecule has 3 fully saturated rings. The molecule has 0 spiro atoms. The highest BCUT2D eigenvalue weighted by molar-refractivity contribution is 7.99. The summed E-state index contributed by atoms with van der Waals surface area (Å²) in [4.78, 5) is 14.5. The number of thioether (sulfide) groups is 1. The van der Waals surface area contributed by atoms with Crippen LogP contribution in [-0.4, -0.2) is 47.0 Å². The van der Waals surface area contributed by atoms with Gasteiger partial charge in [0.15, 0.2) is 0 Å². The molecule has 1 aliphatic heterocycles. The molecule has 2 saturated carbocycles. The summed E-state index contributed by atoms with van der Waals surface area (Å²) in [6.45, 7) is 0.977. The Hall–Kier alpha value is -0.220. The molecule has 0 aromatic carbocycles. The highest BCUT2D eigenvalue weighted by atomic mass is 32.2. The number of carbonyl (C=O) groups is 1. The smallest absolute Gasteiger partial charge is 0.240 e. The maximum absolute atomic E-state index is 12.4. The zero-order chi connectivity index (χ0) is 11.8. The van der Waals surface area contributed by atoms with Crippen LogP contribution in [0.25, 0.3) is 0 Å². The lowest BCUT2D eigenvalue weighted by molar-refractivity contribution is -0.131. The van der Waals surface area contributed by atoms with Crippen molar-refractivity contribution in [2.75, 3.05) is 12.8 Å². The van der Waals surface area contributed by atoms with Gasteiger partial charge in [-0.25, -0.2) is 0 Å². The Bertz CT molecular complexity index is 306. The molecule has 3 unspecified atom stereocenters. The van der Waals surface area contributed by atoms with Crippen molar-refractivity contribution in [1.29, 1.82) is 0 Å². The first-order chi connectivity index (χ1) is 8.29. The fourth-order valence-electron chi connectivity index (χ4n) is 3.26. The summed E-state index contributed by atoms with van der Waals surface area (Å²) in [6.07, 6.45) is 9.53. The molecule has 0 radical (unpaired) electrons. The van der Waals surface area contributed by atoms with Gasteiger partial charge in [0.25, 0.3) is 0 Å². The Morgan fingerprint density at radius 1 is 1.24 bits per heavy atom. The van der Waals surface area contributed by atoms with Gasteiger partial charge in [-0.05, 0) is 38.4 Å². The summed E-state index contributed by atoms with van der Waals surface area (Å²) in [6, 6.07) is 1.29. The van der Waals surface area contributed by atoms with E-state index in [0.717, 1.165) is 13.0 Å². The second-order valence-electron chi connectivity index (χ2n) is 5.59. The molecule has 1 N–H and O–H groups in total. The van der Waals surface area contributed by atoms with Crippen LogP contribution in [0.4, 0.5) is 0 Å². The van der Waals surface area contributed by atoms with E-state index >= 15 is 0 Å². The predicted molar refractivity (Wildman–Crippen MR) is 71.2 cm³/mol. The molecule has 1 amide bonds. The van der Waals surface area contributed by atoms with Crippen molar-refractivity contribution in [1.82, 2.24) is 10.2 Å². The molecule has 3 aliphatic rings. The summed E-state index contributed by atoms with van der Waals surface area (Å²) in [7, 11) is 0. The van der Waals surface area contributed by atoms with Crippen LogP contribution in [0.2, 0.25) is 0 Å². The maximum atomic E-state index is 12.4. The van der Waals surface area contributed by atoms with E-state index in [-0.39, 0.29) is 6.04 Å². The first-order valence-electron chi connectivity index (χ1n) is 6.89. The molecule has 0 aromatic rings. The van der Waals surface area contributed by atoms with E-state index in [2.05, 4.69) is 16.5 Å². The largest absolute Gasteiger partial charge is 0.337 e. The lowest BCUT2D eigenvalue weighted by Crippen LogP contribution is -2.45. The van der Waals surface area contributed by atoms with Gasteiger partial charge in [-0.15, -0.1) is 0 Å². The molecule has 0 bridgehead atoms. The van der Waals surface area contributed by atoms with Crippen LogP contribution in [0.1, 0.15) is 38.5 Å². The zero-order valence-corrected chi connectivity index (χ0v) is 11.3. The van der Waals surface area contributed by atoms with Crippen LogP contribution in [0.15, 0.2) is 0 Å². The number of likely N-dealkylation sites (tertiary alicyclic amines) is 1. The number of rotatable bonds is 4. The average molecular weight is 254 g/mol. The van der Waals surface area contributed by atoms with E-state index in [1.807, 2.05) is 11.8 Å². The minimum absolute atomic E-state index is 0.130. The number of nitrogens with one attached hydrogen (secondary N) is 1. The van der Waals surface area contributed by atoms with E-state index in [1.54, 1.807) is 0 Å². The van der Waals surface area contributed by atoms with Crippen LogP contribution in [0.3, 0.4) is 0 Å². The summed E-state index contributed by atoms with van der Waals surface area (Å²) in [5.41, 5.74) is 0. The molecule has 3 nitrogen and oxygen atoms in total. The Labute approximate surface area is 108 Å². The van der Waals surface area contributed by atoms with Gasteiger partial charge in [0.05, 0.1) is 6.04 Å². The summed E-state index contributed by atoms with van der Waals surface area (Å²) in [5.74, 6) is 0.378. The van der Waals surface area contributed by atoms with Gasteiger partial charge in [0, 0.05) is 23.9 Å². The van der Waals surface area contributed by atoms with Crippen LogP contribution in [0, 0.1) is 0 Å². The van der Waals surface area contributed by atoms with E-state index < -0.39 is 0 Å². The third-order valence-electron chi connectivity index (χ3n) is 4.37. The van der Waals surface area contributed by atoms with Gasteiger partial charge in [-0.1, -0.05) is 6.42 Å². The van der Waals surface area contributed by atoms with Crippen LogP contribution in [0.5, 0.6) is 0 Å². The summed E-state index contributed by atoms with van der Waals surface area (Å²) < 4.78 is 0. The third kappa shape index (κ3) is 2.34. The standard InChI is InChI=1S/C13H22N2OS/c1-17-12-4-2-3-11(12)15-8-7-10(13(15)16)14-9-5-6-9/h9-12,14H,2-8H2,1H3. The molecule has 3 rings (SSSR count). The molecular weight excluding hydrogens is 232 g/mol. The highest BCUT2D eigenvalue weighted by Crippen LogP contribution is 2.34. The Balaban J connectivity index is 1.62. The fraction of sp³-hybridized carbons (Fsp3) is 0.923. The first kappa shape index (κ1) is 11.8. The molecule has 17 heavy (non-hydrogen) atoms. The number of hydrogen-bond donors (Lipinski definition) is 1. The zero-order valence-electron chi connectivity index (χ0n) is 10.5. The quantitative estimate of drug-likeness (QED) is 0.827. The first-order valence-corrected chi connectivity index (χ1v) is 8.17. The third-order valence-corrected chi connectivity index (χ3v) is 5.53. The Morgan fingerprint density at radius 3 is 2.76 bits per heavy atom. The number of hydrogen-bond acceptors (Lipinski definition) is 3. The van der Waals surface area contributed by atoms with E-state index in [4.69, 9.17) is 0 Å². The molecule has 3 atom stereocenters. The fourth-order valence-corrected chi connectivity index (χ4v) is 4.26. The van der Waals surface area contributed by atoms with Crippen molar-refractivity contribution in [3.63, 3.8) is 0 Å². The van der Waals surface area contributed by atoms with Gasteiger partial charge < -0.3 is 10.2 Å². The Morgan fingerprint density at radius 2 is 2.06 bits per heavy atom. The lowest BCUT2D eigenvalue weighted by atomic mass is 10.2. The van der Waals surface area contributed by atoms with E-state index in [0.29, 0.717) is 23.2 Å². The second kappa shape index (κ2) is 4.81. The lowest BCUT2D eigenvalue weighted by Gasteiger charge is -2.29. The number of nitrogens with zero attached hydrogens (tertiary/aromatic N) is 1. The molecular formula is C13H22N2OS. The van der Waals surface area contributed by atoms with E-state index in [1.165, 1.54) is 32.1 Å². The average Bonchev–Trinajstić information content (AvgIpc) is 2.90. The highest BCUT2D eigenvalue weighted by Gasteiger charge is 2.42. The van der Waals surface area contributed by atoms with Crippen LogP contribution in [-0.2, 0) is 4.79 Å². The van der Waals surface area contributed by atoms with Crippen LogP contribution >= 0.6 is 11.8 Å².